The van der Waals surface area contributed by atoms with Gasteiger partial charge in [-0.1, -0.05) is 0 Å². The topological polar surface area (TPSA) is 41.1 Å². The molecular formula is C8H10F4N4. The molecule has 1 aromatic rings. The summed E-state index contributed by atoms with van der Waals surface area (Å²) in [6, 6.07) is 0. The van der Waals surface area contributed by atoms with Gasteiger partial charge in [0.1, 0.15) is 6.54 Å². The monoisotopic (exact) mass is 238 g/mol. The van der Waals surface area contributed by atoms with Crippen molar-refractivity contribution in [3.8, 4) is 0 Å². The van der Waals surface area contributed by atoms with E-state index in [0.29, 0.717) is 4.90 Å². The molecule has 0 saturated heterocycles. The molecule has 4 nitrogen and oxygen atoms in total. The predicted molar refractivity (Wildman–Crippen MR) is 50.9 cm³/mol. The van der Waals surface area contributed by atoms with Crippen LogP contribution in [-0.4, -0.2) is 36.8 Å². The Morgan fingerprint density at radius 3 is 2.56 bits per heavy atom. The van der Waals surface area contributed by atoms with Crippen molar-refractivity contribution in [2.75, 3.05) is 30.9 Å². The van der Waals surface area contributed by atoms with Gasteiger partial charge in [-0.2, -0.15) is 18.2 Å². The van der Waals surface area contributed by atoms with E-state index in [9.17, 15) is 17.6 Å². The fourth-order valence-corrected chi connectivity index (χ4v) is 1.09. The number of hydrogen-bond donors (Lipinski definition) is 1. The number of nitrogens with one attached hydrogen (secondary N) is 1. The number of nitrogens with zero attached hydrogens (tertiary/aromatic N) is 3. The molecule has 1 rings (SSSR count). The summed E-state index contributed by atoms with van der Waals surface area (Å²) in [5.41, 5.74) is 0. The van der Waals surface area contributed by atoms with Crippen LogP contribution in [0.5, 0.6) is 0 Å². The zero-order chi connectivity index (χ0) is 12.3. The highest BCUT2D eigenvalue weighted by Crippen LogP contribution is 2.21. The number of hydrogen-bond acceptors (Lipinski definition) is 4. The fourth-order valence-electron chi connectivity index (χ4n) is 1.09. The second-order valence-corrected chi connectivity index (χ2v) is 3.09. The van der Waals surface area contributed by atoms with Gasteiger partial charge in [0.15, 0.2) is 11.6 Å². The maximum Gasteiger partial charge on any atom is 0.405 e. The van der Waals surface area contributed by atoms with Gasteiger partial charge in [-0.25, -0.2) is 9.37 Å². The highest BCUT2D eigenvalue weighted by Gasteiger charge is 2.30. The van der Waals surface area contributed by atoms with E-state index in [1.807, 2.05) is 0 Å². The molecule has 0 unspecified atom stereocenters. The van der Waals surface area contributed by atoms with Crippen molar-refractivity contribution in [3.63, 3.8) is 0 Å². The van der Waals surface area contributed by atoms with Gasteiger partial charge < -0.3 is 10.2 Å². The van der Waals surface area contributed by atoms with Crippen LogP contribution in [0.25, 0.3) is 0 Å². The third-order valence-corrected chi connectivity index (χ3v) is 1.73. The maximum atomic E-state index is 13.2. The predicted octanol–water partition coefficient (Wildman–Crippen LogP) is 1.66. The van der Waals surface area contributed by atoms with E-state index < -0.39 is 24.4 Å². The number of aromatic nitrogens is 2. The smallest absolute Gasteiger partial charge is 0.357 e. The van der Waals surface area contributed by atoms with E-state index in [1.165, 1.54) is 7.05 Å². The normalized spacial score (nSPS) is 11.4. The van der Waals surface area contributed by atoms with Gasteiger partial charge in [0.25, 0.3) is 0 Å². The highest BCUT2D eigenvalue weighted by molar-refractivity contribution is 5.43. The Labute approximate surface area is 89.3 Å². The van der Waals surface area contributed by atoms with Crippen LogP contribution in [0.2, 0.25) is 0 Å². The lowest BCUT2D eigenvalue weighted by Crippen LogP contribution is -2.32. The minimum atomic E-state index is -4.41. The molecule has 0 amide bonds. The second kappa shape index (κ2) is 4.50. The number of halogens is 4. The first-order valence-electron chi connectivity index (χ1n) is 4.31. The van der Waals surface area contributed by atoms with Crippen molar-refractivity contribution in [1.82, 2.24) is 9.97 Å². The van der Waals surface area contributed by atoms with E-state index in [1.54, 1.807) is 0 Å². The quantitative estimate of drug-likeness (QED) is 0.813. The molecule has 0 aliphatic rings. The molecule has 0 aliphatic carbocycles. The van der Waals surface area contributed by atoms with Crippen LogP contribution in [0.3, 0.4) is 0 Å². The minimum Gasteiger partial charge on any atom is -0.357 e. The average Bonchev–Trinajstić information content (AvgIpc) is 2.15. The molecule has 0 aliphatic heterocycles. The minimum absolute atomic E-state index is 0.0606. The molecule has 0 fully saturated rings. The van der Waals surface area contributed by atoms with E-state index in [0.717, 1.165) is 13.2 Å². The third-order valence-electron chi connectivity index (χ3n) is 1.73. The van der Waals surface area contributed by atoms with Crippen molar-refractivity contribution in [1.29, 1.82) is 0 Å². The molecule has 90 valence electrons. The summed E-state index contributed by atoms with van der Waals surface area (Å²) in [5, 5.41) is 2.52. The first kappa shape index (κ1) is 12.5. The van der Waals surface area contributed by atoms with Crippen LogP contribution in [0, 0.1) is 5.82 Å². The molecule has 0 bridgehead atoms. The van der Waals surface area contributed by atoms with Crippen molar-refractivity contribution >= 4 is 11.8 Å². The summed E-state index contributed by atoms with van der Waals surface area (Å²) in [5.74, 6) is -1.23. The molecule has 1 aromatic heterocycles. The molecule has 0 radical (unpaired) electrons. The van der Waals surface area contributed by atoms with Crippen LogP contribution in [0.4, 0.5) is 29.3 Å². The average molecular weight is 238 g/mol. The first-order chi connectivity index (χ1) is 7.33. The molecule has 0 atom stereocenters. The van der Waals surface area contributed by atoms with Crippen molar-refractivity contribution < 1.29 is 17.6 Å². The van der Waals surface area contributed by atoms with Crippen molar-refractivity contribution in [2.45, 2.75) is 6.18 Å². The zero-order valence-corrected chi connectivity index (χ0v) is 8.64. The Kier molecular flexibility index (Phi) is 3.51. The van der Waals surface area contributed by atoms with Crippen LogP contribution in [0.15, 0.2) is 6.20 Å². The molecule has 16 heavy (non-hydrogen) atoms. The van der Waals surface area contributed by atoms with Crippen LogP contribution in [0.1, 0.15) is 0 Å². The Balaban J connectivity index is 2.93. The lowest BCUT2D eigenvalue weighted by Gasteiger charge is -2.20. The number of anilines is 2. The van der Waals surface area contributed by atoms with E-state index >= 15 is 0 Å². The standard InChI is InChI=1S/C8H10F4N4/c1-13-7-14-3-5(9)6(15-7)16(2)4-8(10,11)12/h3H,4H2,1-2H3,(H,13,14,15). The van der Waals surface area contributed by atoms with E-state index in [2.05, 4.69) is 15.3 Å². The number of rotatable bonds is 3. The molecule has 1 heterocycles. The van der Waals surface area contributed by atoms with Gasteiger partial charge in [0.05, 0.1) is 6.20 Å². The lowest BCUT2D eigenvalue weighted by atomic mass is 10.4. The fraction of sp³-hybridized carbons (Fsp3) is 0.500. The molecule has 1 N–H and O–H groups in total. The summed E-state index contributed by atoms with van der Waals surface area (Å²) in [4.78, 5) is 7.81. The number of alkyl halides is 3. The highest BCUT2D eigenvalue weighted by atomic mass is 19.4. The first-order valence-corrected chi connectivity index (χ1v) is 4.31. The summed E-state index contributed by atoms with van der Waals surface area (Å²) in [7, 11) is 2.60. The van der Waals surface area contributed by atoms with Crippen LogP contribution >= 0.6 is 0 Å². The molecule has 8 heteroatoms. The summed E-state index contributed by atoms with van der Waals surface area (Å²) in [6.45, 7) is -1.27. The Hall–Kier alpha value is -1.60. The Bertz CT molecular complexity index is 366. The van der Waals surface area contributed by atoms with E-state index in [-0.39, 0.29) is 5.95 Å². The Morgan fingerprint density at radius 2 is 2.06 bits per heavy atom. The van der Waals surface area contributed by atoms with Gasteiger partial charge in [0.2, 0.25) is 5.95 Å². The molecule has 0 aromatic carbocycles. The van der Waals surface area contributed by atoms with Crippen molar-refractivity contribution in [2.24, 2.45) is 0 Å². The summed E-state index contributed by atoms with van der Waals surface area (Å²) >= 11 is 0. The van der Waals surface area contributed by atoms with Crippen molar-refractivity contribution in [3.05, 3.63) is 12.0 Å². The van der Waals surface area contributed by atoms with Gasteiger partial charge in [0, 0.05) is 14.1 Å². The van der Waals surface area contributed by atoms with Crippen LogP contribution in [-0.2, 0) is 0 Å². The molecular weight excluding hydrogens is 228 g/mol. The third kappa shape index (κ3) is 3.21. The van der Waals surface area contributed by atoms with Gasteiger partial charge in [-0.3, -0.25) is 0 Å². The second-order valence-electron chi connectivity index (χ2n) is 3.09. The van der Waals surface area contributed by atoms with Gasteiger partial charge in [-0.15, -0.1) is 0 Å². The van der Waals surface area contributed by atoms with Crippen LogP contribution < -0.4 is 10.2 Å². The largest absolute Gasteiger partial charge is 0.405 e. The summed E-state index contributed by atoms with van der Waals surface area (Å²) < 4.78 is 49.4. The SMILES string of the molecule is CNc1ncc(F)c(N(C)CC(F)(F)F)n1. The summed E-state index contributed by atoms with van der Waals surface area (Å²) in [6.07, 6.45) is -3.59. The zero-order valence-electron chi connectivity index (χ0n) is 8.64. The Morgan fingerprint density at radius 1 is 1.44 bits per heavy atom. The maximum absolute atomic E-state index is 13.2. The van der Waals surface area contributed by atoms with Gasteiger partial charge in [-0.05, 0) is 0 Å². The lowest BCUT2D eigenvalue weighted by molar-refractivity contribution is -0.119. The molecule has 0 spiro atoms. The van der Waals surface area contributed by atoms with E-state index in [4.69, 9.17) is 0 Å². The van der Waals surface area contributed by atoms with Gasteiger partial charge >= 0.3 is 6.18 Å². The molecule has 0 saturated carbocycles.